The van der Waals surface area contributed by atoms with E-state index in [9.17, 15) is 9.90 Å². The van der Waals surface area contributed by atoms with E-state index in [1.807, 2.05) is 30.9 Å². The lowest BCUT2D eigenvalue weighted by Crippen LogP contribution is -2.40. The van der Waals surface area contributed by atoms with Gasteiger partial charge in [0.25, 0.3) is 5.91 Å². The highest BCUT2D eigenvalue weighted by Crippen LogP contribution is 2.33. The first-order chi connectivity index (χ1) is 11.9. The number of carbonyl (C=O) groups excluding carboxylic acids is 1. The summed E-state index contributed by atoms with van der Waals surface area (Å²) in [6, 6.07) is 8.39. The van der Waals surface area contributed by atoms with E-state index in [-0.39, 0.29) is 5.91 Å². The molecule has 3 nitrogen and oxygen atoms in total. The second-order valence-corrected chi connectivity index (χ2v) is 8.71. The molecule has 138 valence electrons. The summed E-state index contributed by atoms with van der Waals surface area (Å²) in [5, 5.41) is 9.98. The number of nitrogens with zero attached hydrogens (tertiary/aromatic N) is 1. The molecule has 3 rings (SSSR count). The minimum Gasteiger partial charge on any atom is -0.390 e. The van der Waals surface area contributed by atoms with Crippen molar-refractivity contribution >= 4 is 5.91 Å². The molecule has 1 aromatic rings. The van der Waals surface area contributed by atoms with Crippen molar-refractivity contribution in [2.75, 3.05) is 13.1 Å². The lowest BCUT2D eigenvalue weighted by Gasteiger charge is -2.34. The molecule has 1 aromatic carbocycles. The number of hydrogen-bond donors (Lipinski definition) is 1. The van der Waals surface area contributed by atoms with Gasteiger partial charge >= 0.3 is 0 Å². The Balaban J connectivity index is 1.55. The molecule has 0 unspecified atom stereocenters. The molecule has 0 bridgehead atoms. The fourth-order valence-electron chi connectivity index (χ4n) is 4.56. The van der Waals surface area contributed by atoms with E-state index in [0.717, 1.165) is 37.9 Å². The molecule has 0 radical (unpaired) electrons. The number of carbonyl (C=O) groups is 1. The van der Waals surface area contributed by atoms with Crippen LogP contribution in [0.2, 0.25) is 0 Å². The predicted molar refractivity (Wildman–Crippen MR) is 102 cm³/mol. The third-order valence-electron chi connectivity index (χ3n) is 5.92. The number of aliphatic hydroxyl groups is 1. The fraction of sp³-hybridized carbons (Fsp3) is 0.682. The van der Waals surface area contributed by atoms with Crippen LogP contribution in [0.4, 0.5) is 0 Å². The van der Waals surface area contributed by atoms with Gasteiger partial charge in [0.15, 0.2) is 0 Å². The molecule has 1 saturated heterocycles. The third kappa shape index (κ3) is 5.07. The van der Waals surface area contributed by atoms with Crippen LogP contribution in [0.5, 0.6) is 0 Å². The average molecular weight is 344 g/mol. The normalized spacial score (nSPS) is 20.7. The summed E-state index contributed by atoms with van der Waals surface area (Å²) in [5.74, 6) is 1.38. The number of hydrogen-bond acceptors (Lipinski definition) is 2. The van der Waals surface area contributed by atoms with Crippen molar-refractivity contribution < 1.29 is 9.90 Å². The second-order valence-electron chi connectivity index (χ2n) is 8.71. The summed E-state index contributed by atoms with van der Waals surface area (Å²) in [4.78, 5) is 14.7. The maximum atomic E-state index is 12.8. The molecule has 0 spiro atoms. The molecular weight excluding hydrogens is 310 g/mol. The van der Waals surface area contributed by atoms with Crippen molar-refractivity contribution in [3.05, 3.63) is 35.4 Å². The van der Waals surface area contributed by atoms with E-state index in [2.05, 4.69) is 12.1 Å². The number of likely N-dealkylation sites (tertiary alicyclic amines) is 1. The van der Waals surface area contributed by atoms with Gasteiger partial charge in [-0.1, -0.05) is 31.4 Å². The largest absolute Gasteiger partial charge is 0.390 e. The van der Waals surface area contributed by atoms with Gasteiger partial charge in [0.2, 0.25) is 0 Å². The molecule has 1 heterocycles. The fourth-order valence-corrected chi connectivity index (χ4v) is 4.56. The van der Waals surface area contributed by atoms with Crippen LogP contribution < -0.4 is 0 Å². The Bertz CT molecular complexity index is 559. The SMILES string of the molecule is CC(C)(O)CC1CCN(C(=O)c2ccc(C3CCCCC3)cc2)CC1. The van der Waals surface area contributed by atoms with Gasteiger partial charge < -0.3 is 10.0 Å². The number of amides is 1. The Morgan fingerprint density at radius 3 is 2.20 bits per heavy atom. The zero-order valence-corrected chi connectivity index (χ0v) is 15.8. The number of benzene rings is 1. The van der Waals surface area contributed by atoms with Gasteiger partial charge in [-0.2, -0.15) is 0 Å². The van der Waals surface area contributed by atoms with Crippen molar-refractivity contribution in [2.45, 2.75) is 76.7 Å². The zero-order valence-electron chi connectivity index (χ0n) is 15.8. The Kier molecular flexibility index (Phi) is 5.83. The Morgan fingerprint density at radius 2 is 1.64 bits per heavy atom. The summed E-state index contributed by atoms with van der Waals surface area (Å²) < 4.78 is 0. The molecule has 1 amide bonds. The maximum Gasteiger partial charge on any atom is 0.253 e. The van der Waals surface area contributed by atoms with Crippen LogP contribution in [0.3, 0.4) is 0 Å². The zero-order chi connectivity index (χ0) is 17.9. The molecule has 0 aromatic heterocycles. The summed E-state index contributed by atoms with van der Waals surface area (Å²) in [7, 11) is 0. The summed E-state index contributed by atoms with van der Waals surface area (Å²) >= 11 is 0. The van der Waals surface area contributed by atoms with Crippen molar-refractivity contribution in [3.8, 4) is 0 Å². The lowest BCUT2D eigenvalue weighted by molar-refractivity contribution is 0.0358. The molecular formula is C22H33NO2. The van der Waals surface area contributed by atoms with Crippen molar-refractivity contribution in [1.82, 2.24) is 4.90 Å². The van der Waals surface area contributed by atoms with Crippen molar-refractivity contribution in [3.63, 3.8) is 0 Å². The molecule has 2 fully saturated rings. The van der Waals surface area contributed by atoms with E-state index in [0.29, 0.717) is 11.8 Å². The first kappa shape index (κ1) is 18.4. The van der Waals surface area contributed by atoms with Crippen LogP contribution in [0.15, 0.2) is 24.3 Å². The minimum absolute atomic E-state index is 0.164. The molecule has 25 heavy (non-hydrogen) atoms. The summed E-state index contributed by atoms with van der Waals surface area (Å²) in [6.45, 7) is 5.37. The second kappa shape index (κ2) is 7.90. The van der Waals surface area contributed by atoms with Gasteiger partial charge in [-0.25, -0.2) is 0 Å². The Labute approximate surface area is 152 Å². The van der Waals surface area contributed by atoms with E-state index in [4.69, 9.17) is 0 Å². The third-order valence-corrected chi connectivity index (χ3v) is 5.92. The number of piperidine rings is 1. The molecule has 2 aliphatic rings. The van der Waals surface area contributed by atoms with E-state index in [1.165, 1.54) is 37.7 Å². The molecule has 0 atom stereocenters. The molecule has 1 aliphatic carbocycles. The van der Waals surface area contributed by atoms with E-state index >= 15 is 0 Å². The average Bonchev–Trinajstić information content (AvgIpc) is 2.61. The quantitative estimate of drug-likeness (QED) is 0.857. The molecule has 1 aliphatic heterocycles. The van der Waals surface area contributed by atoms with Crippen molar-refractivity contribution in [2.24, 2.45) is 5.92 Å². The van der Waals surface area contributed by atoms with Gasteiger partial charge in [0.05, 0.1) is 5.60 Å². The van der Waals surface area contributed by atoms with Gasteiger partial charge in [0, 0.05) is 18.7 Å². The minimum atomic E-state index is -0.605. The van der Waals surface area contributed by atoms with E-state index in [1.54, 1.807) is 0 Å². The van der Waals surface area contributed by atoms with Crippen LogP contribution in [-0.4, -0.2) is 34.6 Å². The van der Waals surface area contributed by atoms with Gasteiger partial charge in [0.1, 0.15) is 0 Å². The predicted octanol–water partition coefficient (Wildman–Crippen LogP) is 4.75. The van der Waals surface area contributed by atoms with Crippen LogP contribution in [0, 0.1) is 5.92 Å². The highest BCUT2D eigenvalue weighted by atomic mass is 16.3. The molecule has 3 heteroatoms. The van der Waals surface area contributed by atoms with Crippen LogP contribution in [0.25, 0.3) is 0 Å². The Hall–Kier alpha value is -1.35. The van der Waals surface area contributed by atoms with Gasteiger partial charge in [-0.3, -0.25) is 4.79 Å². The first-order valence-electron chi connectivity index (χ1n) is 10.0. The van der Waals surface area contributed by atoms with Crippen LogP contribution >= 0.6 is 0 Å². The summed E-state index contributed by atoms with van der Waals surface area (Å²) in [5.41, 5.74) is 1.62. The van der Waals surface area contributed by atoms with Crippen molar-refractivity contribution in [1.29, 1.82) is 0 Å². The standard InChI is InChI=1S/C22H33NO2/c1-22(2,25)16-17-12-14-23(15-13-17)21(24)20-10-8-19(9-11-20)18-6-4-3-5-7-18/h8-11,17-18,25H,3-7,12-16H2,1-2H3. The lowest BCUT2D eigenvalue weighted by atomic mass is 9.84. The smallest absolute Gasteiger partial charge is 0.253 e. The highest BCUT2D eigenvalue weighted by molar-refractivity contribution is 5.94. The Morgan fingerprint density at radius 1 is 1.04 bits per heavy atom. The molecule has 1 saturated carbocycles. The van der Waals surface area contributed by atoms with E-state index < -0.39 is 5.60 Å². The first-order valence-corrected chi connectivity index (χ1v) is 10.0. The van der Waals surface area contributed by atoms with Crippen LogP contribution in [0.1, 0.15) is 87.1 Å². The van der Waals surface area contributed by atoms with Crippen LogP contribution in [-0.2, 0) is 0 Å². The topological polar surface area (TPSA) is 40.5 Å². The van der Waals surface area contributed by atoms with Gasteiger partial charge in [-0.15, -0.1) is 0 Å². The van der Waals surface area contributed by atoms with Gasteiger partial charge in [-0.05, 0) is 75.5 Å². The summed E-state index contributed by atoms with van der Waals surface area (Å²) in [6.07, 6.45) is 9.45. The number of rotatable bonds is 4. The maximum absolute atomic E-state index is 12.8. The molecule has 1 N–H and O–H groups in total. The monoisotopic (exact) mass is 343 g/mol. The highest BCUT2D eigenvalue weighted by Gasteiger charge is 2.27.